The molecule has 0 spiro atoms. The van der Waals surface area contributed by atoms with Gasteiger partial charge in [-0.1, -0.05) is 30.3 Å². The standard InChI is InChI=1S/C14H14O3/c1-2-5-11(6-3-1)9-14-16-10-13(17-14)12-7-4-8-15-12/h1-8,13-14H,9-10H2. The van der Waals surface area contributed by atoms with E-state index in [-0.39, 0.29) is 12.4 Å². The highest BCUT2D eigenvalue weighted by atomic mass is 16.7. The Morgan fingerprint density at radius 3 is 2.71 bits per heavy atom. The summed E-state index contributed by atoms with van der Waals surface area (Å²) in [5.74, 6) is 0.834. The molecule has 1 aromatic heterocycles. The summed E-state index contributed by atoms with van der Waals surface area (Å²) in [6.45, 7) is 0.561. The molecule has 0 N–H and O–H groups in total. The second kappa shape index (κ2) is 4.73. The Bertz CT molecular complexity index is 450. The number of hydrogen-bond donors (Lipinski definition) is 0. The van der Waals surface area contributed by atoms with E-state index in [0.717, 1.165) is 12.2 Å². The molecule has 1 aliphatic rings. The number of rotatable bonds is 3. The molecule has 88 valence electrons. The zero-order chi connectivity index (χ0) is 11.5. The maximum atomic E-state index is 5.79. The Balaban J connectivity index is 1.61. The van der Waals surface area contributed by atoms with Crippen LogP contribution in [-0.2, 0) is 15.9 Å². The van der Waals surface area contributed by atoms with E-state index >= 15 is 0 Å². The van der Waals surface area contributed by atoms with Gasteiger partial charge in [-0.15, -0.1) is 0 Å². The summed E-state index contributed by atoms with van der Waals surface area (Å²) in [7, 11) is 0. The minimum atomic E-state index is -0.174. The van der Waals surface area contributed by atoms with Crippen LogP contribution in [0.25, 0.3) is 0 Å². The summed E-state index contributed by atoms with van der Waals surface area (Å²) in [5.41, 5.74) is 1.22. The largest absolute Gasteiger partial charge is 0.466 e. The van der Waals surface area contributed by atoms with Crippen LogP contribution in [0.2, 0.25) is 0 Å². The van der Waals surface area contributed by atoms with Gasteiger partial charge in [-0.3, -0.25) is 0 Å². The highest BCUT2D eigenvalue weighted by molar-refractivity contribution is 5.15. The third-order valence-corrected chi connectivity index (χ3v) is 2.86. The first-order valence-corrected chi connectivity index (χ1v) is 5.76. The predicted octanol–water partition coefficient (Wildman–Crippen LogP) is 2.94. The van der Waals surface area contributed by atoms with Gasteiger partial charge in [0.2, 0.25) is 0 Å². The second-order valence-corrected chi connectivity index (χ2v) is 4.09. The summed E-state index contributed by atoms with van der Waals surface area (Å²) in [4.78, 5) is 0. The van der Waals surface area contributed by atoms with Gasteiger partial charge < -0.3 is 13.9 Å². The van der Waals surface area contributed by atoms with Gasteiger partial charge in [0.1, 0.15) is 11.9 Å². The number of ether oxygens (including phenoxy) is 2. The van der Waals surface area contributed by atoms with Crippen molar-refractivity contribution in [3.05, 3.63) is 60.1 Å². The van der Waals surface area contributed by atoms with Gasteiger partial charge in [-0.2, -0.15) is 0 Å². The summed E-state index contributed by atoms with van der Waals surface area (Å²) in [6.07, 6.45) is 2.19. The molecule has 1 fully saturated rings. The molecule has 3 heteroatoms. The molecule has 0 aliphatic carbocycles. The van der Waals surface area contributed by atoms with E-state index in [0.29, 0.717) is 6.61 Å². The average molecular weight is 230 g/mol. The summed E-state index contributed by atoms with van der Waals surface area (Å²) < 4.78 is 16.7. The van der Waals surface area contributed by atoms with Crippen LogP contribution in [0.4, 0.5) is 0 Å². The van der Waals surface area contributed by atoms with Crippen LogP contribution in [-0.4, -0.2) is 12.9 Å². The summed E-state index contributed by atoms with van der Waals surface area (Å²) >= 11 is 0. The van der Waals surface area contributed by atoms with Crippen LogP contribution in [0.1, 0.15) is 17.4 Å². The van der Waals surface area contributed by atoms with Crippen LogP contribution >= 0.6 is 0 Å². The quantitative estimate of drug-likeness (QED) is 0.812. The number of furan rings is 1. The predicted molar refractivity (Wildman–Crippen MR) is 62.4 cm³/mol. The van der Waals surface area contributed by atoms with Gasteiger partial charge in [-0.05, 0) is 17.7 Å². The van der Waals surface area contributed by atoms with Crippen molar-refractivity contribution in [1.82, 2.24) is 0 Å². The lowest BCUT2D eigenvalue weighted by Crippen LogP contribution is -2.11. The van der Waals surface area contributed by atoms with E-state index < -0.39 is 0 Å². The molecule has 0 bridgehead atoms. The molecule has 3 rings (SSSR count). The van der Waals surface area contributed by atoms with Gasteiger partial charge in [0.25, 0.3) is 0 Å². The number of hydrogen-bond acceptors (Lipinski definition) is 3. The van der Waals surface area contributed by atoms with Crippen LogP contribution in [0.3, 0.4) is 0 Å². The minimum absolute atomic E-state index is 0.0706. The molecular formula is C14H14O3. The minimum Gasteiger partial charge on any atom is -0.466 e. The monoisotopic (exact) mass is 230 g/mol. The first kappa shape index (κ1) is 10.6. The molecule has 17 heavy (non-hydrogen) atoms. The van der Waals surface area contributed by atoms with Crippen LogP contribution in [0.5, 0.6) is 0 Å². The molecule has 0 saturated carbocycles. The van der Waals surface area contributed by atoms with Crippen molar-refractivity contribution < 1.29 is 13.9 Å². The molecule has 1 aliphatic heterocycles. The van der Waals surface area contributed by atoms with E-state index in [1.165, 1.54) is 5.56 Å². The average Bonchev–Trinajstić information content (AvgIpc) is 3.00. The molecule has 2 heterocycles. The Morgan fingerprint density at radius 2 is 1.94 bits per heavy atom. The van der Waals surface area contributed by atoms with Crippen molar-refractivity contribution in [2.24, 2.45) is 0 Å². The second-order valence-electron chi connectivity index (χ2n) is 4.09. The van der Waals surface area contributed by atoms with E-state index in [2.05, 4.69) is 12.1 Å². The van der Waals surface area contributed by atoms with E-state index in [1.807, 2.05) is 30.3 Å². The summed E-state index contributed by atoms with van der Waals surface area (Å²) in [6, 6.07) is 14.0. The zero-order valence-corrected chi connectivity index (χ0v) is 9.41. The molecular weight excluding hydrogens is 216 g/mol. The molecule has 0 radical (unpaired) electrons. The zero-order valence-electron chi connectivity index (χ0n) is 9.41. The highest BCUT2D eigenvalue weighted by Gasteiger charge is 2.28. The Morgan fingerprint density at radius 1 is 1.06 bits per heavy atom. The van der Waals surface area contributed by atoms with Crippen LogP contribution < -0.4 is 0 Å². The third-order valence-electron chi connectivity index (χ3n) is 2.86. The fraction of sp³-hybridized carbons (Fsp3) is 0.286. The smallest absolute Gasteiger partial charge is 0.162 e. The van der Waals surface area contributed by atoms with Crippen molar-refractivity contribution in [1.29, 1.82) is 0 Å². The highest BCUT2D eigenvalue weighted by Crippen LogP contribution is 2.28. The molecule has 1 aromatic carbocycles. The summed E-state index contributed by atoms with van der Waals surface area (Å²) in [5, 5.41) is 0. The van der Waals surface area contributed by atoms with Crippen LogP contribution in [0, 0.1) is 0 Å². The van der Waals surface area contributed by atoms with Gasteiger partial charge in [0.05, 0.1) is 12.9 Å². The topological polar surface area (TPSA) is 31.6 Å². The SMILES string of the molecule is c1ccc(CC2OCC(c3ccco3)O2)cc1. The lowest BCUT2D eigenvalue weighted by atomic mass is 10.1. The molecule has 3 nitrogen and oxygen atoms in total. The van der Waals surface area contributed by atoms with Crippen molar-refractivity contribution in [3.8, 4) is 0 Å². The first-order chi connectivity index (χ1) is 8.42. The van der Waals surface area contributed by atoms with Crippen molar-refractivity contribution >= 4 is 0 Å². The Labute approximate surface area is 100.0 Å². The molecule has 2 atom stereocenters. The first-order valence-electron chi connectivity index (χ1n) is 5.76. The van der Waals surface area contributed by atoms with Crippen LogP contribution in [0.15, 0.2) is 53.1 Å². The van der Waals surface area contributed by atoms with Gasteiger partial charge in [-0.25, -0.2) is 0 Å². The van der Waals surface area contributed by atoms with Gasteiger partial charge >= 0.3 is 0 Å². The fourth-order valence-corrected chi connectivity index (χ4v) is 1.99. The fourth-order valence-electron chi connectivity index (χ4n) is 1.99. The lowest BCUT2D eigenvalue weighted by Gasteiger charge is -2.10. The molecule has 0 amide bonds. The molecule has 2 unspecified atom stereocenters. The van der Waals surface area contributed by atoms with E-state index in [1.54, 1.807) is 6.26 Å². The number of benzene rings is 1. The van der Waals surface area contributed by atoms with E-state index in [9.17, 15) is 0 Å². The Hall–Kier alpha value is -1.58. The van der Waals surface area contributed by atoms with E-state index in [4.69, 9.17) is 13.9 Å². The molecule has 1 saturated heterocycles. The third kappa shape index (κ3) is 2.40. The molecule has 2 aromatic rings. The van der Waals surface area contributed by atoms with Crippen molar-refractivity contribution in [3.63, 3.8) is 0 Å². The maximum Gasteiger partial charge on any atom is 0.162 e. The normalized spacial score (nSPS) is 24.0. The van der Waals surface area contributed by atoms with Gasteiger partial charge in [0.15, 0.2) is 6.29 Å². The van der Waals surface area contributed by atoms with Gasteiger partial charge in [0, 0.05) is 6.42 Å². The maximum absolute atomic E-state index is 5.79. The van der Waals surface area contributed by atoms with Crippen molar-refractivity contribution in [2.45, 2.75) is 18.8 Å². The lowest BCUT2D eigenvalue weighted by molar-refractivity contribution is -0.0593. The van der Waals surface area contributed by atoms with Crippen molar-refractivity contribution in [2.75, 3.05) is 6.61 Å². The Kier molecular flexibility index (Phi) is 2.94.